The number of carbonyl (C=O) groups excluding carboxylic acids is 2. The van der Waals surface area contributed by atoms with Gasteiger partial charge in [0.05, 0.1) is 26.4 Å². The van der Waals surface area contributed by atoms with Crippen LogP contribution >= 0.6 is 0 Å². The van der Waals surface area contributed by atoms with Crippen LogP contribution in [0.5, 0.6) is 0 Å². The van der Waals surface area contributed by atoms with Gasteiger partial charge in [0.25, 0.3) is 0 Å². The number of hydrogen-bond acceptors (Lipinski definition) is 9. The van der Waals surface area contributed by atoms with E-state index in [1.165, 1.54) is 51.4 Å². The maximum Gasteiger partial charge on any atom is 0.305 e. The average Bonchev–Trinajstić information content (AvgIpc) is 3.00. The van der Waals surface area contributed by atoms with Crippen molar-refractivity contribution >= 4 is 11.9 Å². The van der Waals surface area contributed by atoms with Crippen molar-refractivity contribution in [2.24, 2.45) is 0 Å². The summed E-state index contributed by atoms with van der Waals surface area (Å²) in [7, 11) is 0. The summed E-state index contributed by atoms with van der Waals surface area (Å²) in [6, 6.07) is 0. The van der Waals surface area contributed by atoms with Crippen LogP contribution in [0.1, 0.15) is 117 Å². The minimum absolute atomic E-state index is 0.115. The minimum atomic E-state index is -0.914. The maximum atomic E-state index is 12.3. The van der Waals surface area contributed by atoms with E-state index in [9.17, 15) is 35.1 Å². The van der Waals surface area contributed by atoms with E-state index >= 15 is 0 Å². The molecule has 0 atom stereocenters. The topological polar surface area (TPSA) is 154 Å². The summed E-state index contributed by atoms with van der Waals surface area (Å²) < 4.78 is 11.3. The third kappa shape index (κ3) is 23.1. The summed E-state index contributed by atoms with van der Waals surface area (Å²) in [4.78, 5) is 24.7. The lowest BCUT2D eigenvalue weighted by Crippen LogP contribution is -2.62. The van der Waals surface area contributed by atoms with Gasteiger partial charge in [-0.3, -0.25) is 9.59 Å². The van der Waals surface area contributed by atoms with E-state index in [2.05, 4.69) is 13.8 Å². The van der Waals surface area contributed by atoms with Gasteiger partial charge in [0, 0.05) is 12.8 Å². The van der Waals surface area contributed by atoms with Crippen LogP contribution in [-0.4, -0.2) is 145 Å². The van der Waals surface area contributed by atoms with Gasteiger partial charge in [-0.15, -0.1) is 0 Å². The molecule has 0 unspecified atom stereocenters. The van der Waals surface area contributed by atoms with E-state index in [-0.39, 0.29) is 99.8 Å². The van der Waals surface area contributed by atoms with Crippen molar-refractivity contribution in [3.63, 3.8) is 0 Å². The summed E-state index contributed by atoms with van der Waals surface area (Å²) in [5, 5.41) is 50.8. The SMILES string of the molecule is CCCCCCCCCC(=O)OCC[N+](CCO)(CCO)CC(O)C[N+](CCO)(CCO)CCOC(=O)CCCCCCCCC. The van der Waals surface area contributed by atoms with Crippen molar-refractivity contribution in [1.29, 1.82) is 0 Å². The number of hydrogen-bond donors (Lipinski definition) is 5. The van der Waals surface area contributed by atoms with Gasteiger partial charge in [-0.25, -0.2) is 0 Å². The molecule has 11 heteroatoms. The summed E-state index contributed by atoms with van der Waals surface area (Å²) >= 11 is 0. The monoisotopic (exact) mass is 665 g/mol. The van der Waals surface area contributed by atoms with Crippen molar-refractivity contribution in [2.75, 3.05) is 92.0 Å². The highest BCUT2D eigenvalue weighted by Gasteiger charge is 2.36. The predicted molar refractivity (Wildman–Crippen MR) is 181 cm³/mol. The molecule has 0 aromatic heterocycles. The summed E-state index contributed by atoms with van der Waals surface area (Å²) in [5.41, 5.74) is 0. The number of aliphatic hydroxyl groups excluding tert-OH is 5. The lowest BCUT2D eigenvalue weighted by Gasteiger charge is -2.43. The molecule has 0 bridgehead atoms. The third-order valence-corrected chi connectivity index (χ3v) is 9.12. The molecule has 0 spiro atoms. The number of nitrogens with zero attached hydrogens (tertiary/aromatic N) is 2. The molecule has 0 aromatic carbocycles. The van der Waals surface area contributed by atoms with Crippen molar-refractivity contribution in [2.45, 2.75) is 123 Å². The molecule has 46 heavy (non-hydrogen) atoms. The number of rotatable bonds is 34. The first-order chi connectivity index (χ1) is 22.3. The summed E-state index contributed by atoms with van der Waals surface area (Å²) in [6.07, 6.45) is 15.4. The lowest BCUT2D eigenvalue weighted by molar-refractivity contribution is -0.951. The second kappa shape index (κ2) is 29.8. The average molecular weight is 665 g/mol. The standard InChI is InChI=1S/C35H72N2O9/c1-3-5-7-9-11-13-15-17-34(43)45-29-23-36(19-25-38,20-26-39)31-33(42)32-37(21-27-40,22-28-41)24-30-46-35(44)18-16-14-12-10-8-6-4-2/h33,38-42H,3-32H2,1-2H3/q+2. The minimum Gasteiger partial charge on any atom is -0.460 e. The molecular weight excluding hydrogens is 592 g/mol. The highest BCUT2D eigenvalue weighted by atomic mass is 16.5. The molecule has 274 valence electrons. The Hall–Kier alpha value is -1.34. The number of ether oxygens (including phenoxy) is 2. The van der Waals surface area contributed by atoms with Gasteiger partial charge in [-0.1, -0.05) is 90.9 Å². The molecule has 11 nitrogen and oxygen atoms in total. The van der Waals surface area contributed by atoms with Gasteiger partial charge >= 0.3 is 11.9 Å². The van der Waals surface area contributed by atoms with E-state index in [1.54, 1.807) is 0 Å². The van der Waals surface area contributed by atoms with Crippen molar-refractivity contribution in [3.05, 3.63) is 0 Å². The molecule has 0 rings (SSSR count). The molecule has 0 saturated carbocycles. The zero-order chi connectivity index (χ0) is 34.4. The Kier molecular flexibility index (Phi) is 28.9. The normalized spacial score (nSPS) is 12.2. The van der Waals surface area contributed by atoms with Crippen LogP contribution in [0.25, 0.3) is 0 Å². The summed E-state index contributed by atoms with van der Waals surface area (Å²) in [5.74, 6) is -0.522. The molecular formula is C35H72N2O9+2. The Morgan fingerprint density at radius 3 is 1.11 bits per heavy atom. The van der Waals surface area contributed by atoms with Crippen LogP contribution in [0, 0.1) is 0 Å². The van der Waals surface area contributed by atoms with Gasteiger partial charge in [0.15, 0.2) is 6.10 Å². The van der Waals surface area contributed by atoms with Crippen molar-refractivity contribution < 1.29 is 53.6 Å². The van der Waals surface area contributed by atoms with Gasteiger partial charge < -0.3 is 44.0 Å². The third-order valence-electron chi connectivity index (χ3n) is 9.12. The molecule has 0 amide bonds. The number of esters is 2. The molecule has 5 N–H and O–H groups in total. The Balaban J connectivity index is 5.02. The van der Waals surface area contributed by atoms with Crippen molar-refractivity contribution in [3.8, 4) is 0 Å². The first kappa shape index (κ1) is 44.7. The second-order valence-corrected chi connectivity index (χ2v) is 13.1. The first-order valence-electron chi connectivity index (χ1n) is 18.4. The Bertz CT molecular complexity index is 656. The number of carbonyl (C=O) groups is 2. The second-order valence-electron chi connectivity index (χ2n) is 13.1. The molecule has 0 aliphatic heterocycles. The molecule has 0 radical (unpaired) electrons. The summed E-state index contributed by atoms with van der Waals surface area (Å²) in [6.45, 7) is 6.04. The van der Waals surface area contributed by atoms with Crippen LogP contribution in [0.3, 0.4) is 0 Å². The molecule has 0 heterocycles. The number of aliphatic hydroxyl groups is 5. The molecule has 0 saturated heterocycles. The largest absolute Gasteiger partial charge is 0.460 e. The molecule has 0 aliphatic carbocycles. The number of unbranched alkanes of at least 4 members (excludes halogenated alkanes) is 12. The molecule has 0 aliphatic rings. The van der Waals surface area contributed by atoms with Gasteiger partial charge in [-0.2, -0.15) is 0 Å². The highest BCUT2D eigenvalue weighted by molar-refractivity contribution is 5.69. The van der Waals surface area contributed by atoms with Gasteiger partial charge in [0.1, 0.15) is 65.6 Å². The van der Waals surface area contributed by atoms with E-state index in [1.807, 2.05) is 0 Å². The van der Waals surface area contributed by atoms with Crippen LogP contribution in [-0.2, 0) is 19.1 Å². The zero-order valence-electron chi connectivity index (χ0n) is 29.6. The fourth-order valence-corrected chi connectivity index (χ4v) is 6.32. The van der Waals surface area contributed by atoms with E-state index in [0.717, 1.165) is 38.5 Å². The van der Waals surface area contributed by atoms with Gasteiger partial charge in [-0.05, 0) is 12.8 Å². The molecule has 0 fully saturated rings. The van der Waals surface area contributed by atoms with Crippen molar-refractivity contribution in [1.82, 2.24) is 0 Å². The highest BCUT2D eigenvalue weighted by Crippen LogP contribution is 2.15. The fraction of sp³-hybridized carbons (Fsp3) is 0.943. The Morgan fingerprint density at radius 1 is 0.500 bits per heavy atom. The number of quaternary nitrogens is 2. The predicted octanol–water partition coefficient (Wildman–Crippen LogP) is 3.32. The molecule has 0 aromatic rings. The van der Waals surface area contributed by atoms with Crippen LogP contribution in [0.4, 0.5) is 0 Å². The first-order valence-corrected chi connectivity index (χ1v) is 18.4. The van der Waals surface area contributed by atoms with E-state index < -0.39 is 6.10 Å². The van der Waals surface area contributed by atoms with Crippen LogP contribution in [0.15, 0.2) is 0 Å². The van der Waals surface area contributed by atoms with Gasteiger partial charge in [0.2, 0.25) is 0 Å². The smallest absolute Gasteiger partial charge is 0.305 e. The van der Waals surface area contributed by atoms with Crippen LogP contribution in [0.2, 0.25) is 0 Å². The van der Waals surface area contributed by atoms with E-state index in [4.69, 9.17) is 9.47 Å². The van der Waals surface area contributed by atoms with E-state index in [0.29, 0.717) is 25.9 Å². The maximum absolute atomic E-state index is 12.3. The zero-order valence-corrected chi connectivity index (χ0v) is 29.6. The fourth-order valence-electron chi connectivity index (χ4n) is 6.32. The quantitative estimate of drug-likeness (QED) is 0.0396. The van der Waals surface area contributed by atoms with Crippen LogP contribution < -0.4 is 0 Å². The Labute approximate surface area is 280 Å². The lowest BCUT2D eigenvalue weighted by atomic mass is 10.1. The Morgan fingerprint density at radius 2 is 0.804 bits per heavy atom.